The summed E-state index contributed by atoms with van der Waals surface area (Å²) in [7, 11) is -3.15. The van der Waals surface area contributed by atoms with Gasteiger partial charge in [0.25, 0.3) is 5.91 Å². The van der Waals surface area contributed by atoms with Crippen LogP contribution in [0.4, 0.5) is 10.1 Å². The monoisotopic (exact) mass is 392 g/mol. The van der Waals surface area contributed by atoms with Crippen LogP contribution >= 0.6 is 0 Å². The molecule has 0 saturated heterocycles. The van der Waals surface area contributed by atoms with Crippen LogP contribution in [-0.4, -0.2) is 33.0 Å². The normalized spacial score (nSPS) is 11.0. The smallest absolute Gasteiger partial charge is 0.251 e. The predicted octanol–water partition coefficient (Wildman–Crippen LogP) is 2.52. The van der Waals surface area contributed by atoms with Crippen molar-refractivity contribution in [1.82, 2.24) is 5.32 Å². The van der Waals surface area contributed by atoms with E-state index >= 15 is 0 Å². The van der Waals surface area contributed by atoms with E-state index in [2.05, 4.69) is 10.6 Å². The molecule has 0 saturated carbocycles. The van der Waals surface area contributed by atoms with Crippen molar-refractivity contribution in [1.29, 1.82) is 0 Å². The molecule has 0 heterocycles. The van der Waals surface area contributed by atoms with Gasteiger partial charge in [-0.25, -0.2) is 12.8 Å². The molecule has 0 aliphatic carbocycles. The molecule has 2 aromatic carbocycles. The summed E-state index contributed by atoms with van der Waals surface area (Å²) in [4.78, 5) is 23.8. The number of hydrogen-bond acceptors (Lipinski definition) is 4. The first-order valence-electron chi connectivity index (χ1n) is 8.33. The van der Waals surface area contributed by atoms with Crippen molar-refractivity contribution in [3.05, 3.63) is 65.5 Å². The summed E-state index contributed by atoms with van der Waals surface area (Å²) in [6.45, 7) is 0.303. The molecule has 6 nitrogen and oxygen atoms in total. The third kappa shape index (κ3) is 7.57. The van der Waals surface area contributed by atoms with E-state index in [9.17, 15) is 22.4 Å². The molecule has 2 N–H and O–H groups in total. The van der Waals surface area contributed by atoms with E-state index in [1.54, 1.807) is 24.3 Å². The lowest BCUT2D eigenvalue weighted by Crippen LogP contribution is -2.25. The molecule has 0 spiro atoms. The molecule has 8 heteroatoms. The van der Waals surface area contributed by atoms with Crippen molar-refractivity contribution in [2.75, 3.05) is 18.1 Å². The number of anilines is 1. The number of nitrogens with one attached hydrogen (secondary N) is 2. The minimum Gasteiger partial charge on any atom is -0.352 e. The molecule has 0 atom stereocenters. The molecule has 0 bridgehead atoms. The van der Waals surface area contributed by atoms with Crippen LogP contribution in [-0.2, 0) is 20.4 Å². The Kier molecular flexibility index (Phi) is 7.06. The van der Waals surface area contributed by atoms with Crippen LogP contribution in [0.2, 0.25) is 0 Å². The van der Waals surface area contributed by atoms with Gasteiger partial charge in [0.2, 0.25) is 5.91 Å². The maximum Gasteiger partial charge on any atom is 0.251 e. The van der Waals surface area contributed by atoms with Crippen molar-refractivity contribution in [2.24, 2.45) is 0 Å². The Morgan fingerprint density at radius 3 is 2.44 bits per heavy atom. The lowest BCUT2D eigenvalue weighted by atomic mass is 10.2. The van der Waals surface area contributed by atoms with Crippen molar-refractivity contribution >= 4 is 27.3 Å². The summed E-state index contributed by atoms with van der Waals surface area (Å²) in [5.41, 5.74) is 1.47. The average Bonchev–Trinajstić information content (AvgIpc) is 2.58. The first kappa shape index (κ1) is 20.6. The fraction of sp³-hybridized carbons (Fsp3) is 0.263. The van der Waals surface area contributed by atoms with E-state index in [-0.39, 0.29) is 24.0 Å². The lowest BCUT2D eigenvalue weighted by molar-refractivity contribution is -0.116. The van der Waals surface area contributed by atoms with Crippen molar-refractivity contribution in [3.8, 4) is 0 Å². The zero-order valence-electron chi connectivity index (χ0n) is 14.9. The Balaban J connectivity index is 1.75. The Bertz CT molecular complexity index is 912. The number of carbonyl (C=O) groups is 2. The summed E-state index contributed by atoms with van der Waals surface area (Å²) in [6.07, 6.45) is 1.78. The third-order valence-corrected chi connectivity index (χ3v) is 4.47. The van der Waals surface area contributed by atoms with Gasteiger partial charge in [0.15, 0.2) is 9.84 Å². The number of sulfone groups is 1. The van der Waals surface area contributed by atoms with Gasteiger partial charge in [-0.15, -0.1) is 0 Å². The molecule has 144 valence electrons. The maximum absolute atomic E-state index is 12.8. The molecule has 2 aromatic rings. The van der Waals surface area contributed by atoms with Crippen LogP contribution in [0.15, 0.2) is 48.5 Å². The minimum absolute atomic E-state index is 0.0911. The summed E-state index contributed by atoms with van der Waals surface area (Å²) in [6, 6.07) is 11.9. The van der Waals surface area contributed by atoms with Crippen molar-refractivity contribution in [2.45, 2.75) is 18.6 Å². The SMILES string of the molecule is CS(=O)(=O)Cc1cccc(NC(=O)CCCNC(=O)c2ccc(F)cc2)c1. The number of amides is 2. The van der Waals surface area contributed by atoms with Gasteiger partial charge in [-0.3, -0.25) is 9.59 Å². The molecule has 0 aliphatic heterocycles. The number of carbonyl (C=O) groups excluding carboxylic acids is 2. The zero-order chi connectivity index (χ0) is 19.9. The van der Waals surface area contributed by atoms with Crippen LogP contribution < -0.4 is 10.6 Å². The van der Waals surface area contributed by atoms with E-state index < -0.39 is 15.7 Å². The molecule has 0 fully saturated rings. The van der Waals surface area contributed by atoms with Gasteiger partial charge in [0, 0.05) is 30.5 Å². The van der Waals surface area contributed by atoms with Crippen LogP contribution in [0.1, 0.15) is 28.8 Å². The van der Waals surface area contributed by atoms with E-state index in [0.29, 0.717) is 29.8 Å². The van der Waals surface area contributed by atoms with Crippen LogP contribution in [0, 0.1) is 5.82 Å². The molecular formula is C19H21FN2O4S. The summed E-state index contributed by atoms with van der Waals surface area (Å²) in [5, 5.41) is 5.37. The van der Waals surface area contributed by atoms with Crippen LogP contribution in [0.3, 0.4) is 0 Å². The highest BCUT2D eigenvalue weighted by atomic mass is 32.2. The summed E-state index contributed by atoms with van der Waals surface area (Å²) < 4.78 is 35.5. The second-order valence-electron chi connectivity index (χ2n) is 6.18. The quantitative estimate of drug-likeness (QED) is 0.675. The number of hydrogen-bond donors (Lipinski definition) is 2. The Hall–Kier alpha value is -2.74. The lowest BCUT2D eigenvalue weighted by Gasteiger charge is -2.08. The second kappa shape index (κ2) is 9.27. The zero-order valence-corrected chi connectivity index (χ0v) is 15.7. The largest absolute Gasteiger partial charge is 0.352 e. The molecule has 0 radical (unpaired) electrons. The molecule has 27 heavy (non-hydrogen) atoms. The van der Waals surface area contributed by atoms with Crippen molar-refractivity contribution < 1.29 is 22.4 Å². The molecule has 0 unspecified atom stereocenters. The fourth-order valence-corrected chi connectivity index (χ4v) is 3.20. The third-order valence-electron chi connectivity index (χ3n) is 3.61. The summed E-state index contributed by atoms with van der Waals surface area (Å²) >= 11 is 0. The molecule has 2 amide bonds. The van der Waals surface area contributed by atoms with Gasteiger partial charge in [0.1, 0.15) is 5.82 Å². The highest BCUT2D eigenvalue weighted by molar-refractivity contribution is 7.89. The first-order valence-corrected chi connectivity index (χ1v) is 10.4. The van der Waals surface area contributed by atoms with E-state index in [1.807, 2.05) is 0 Å². The van der Waals surface area contributed by atoms with Gasteiger partial charge in [-0.05, 0) is 48.4 Å². The topological polar surface area (TPSA) is 92.3 Å². The van der Waals surface area contributed by atoms with E-state index in [0.717, 1.165) is 6.26 Å². The maximum atomic E-state index is 12.8. The van der Waals surface area contributed by atoms with Gasteiger partial charge in [-0.2, -0.15) is 0 Å². The molecular weight excluding hydrogens is 371 g/mol. The highest BCUT2D eigenvalue weighted by Crippen LogP contribution is 2.13. The first-order chi connectivity index (χ1) is 12.7. The van der Waals surface area contributed by atoms with Crippen LogP contribution in [0.5, 0.6) is 0 Å². The molecule has 0 aliphatic rings. The summed E-state index contributed by atoms with van der Waals surface area (Å²) in [5.74, 6) is -1.07. The van der Waals surface area contributed by atoms with Crippen LogP contribution in [0.25, 0.3) is 0 Å². The van der Waals surface area contributed by atoms with Gasteiger partial charge in [0.05, 0.1) is 5.75 Å². The van der Waals surface area contributed by atoms with Gasteiger partial charge < -0.3 is 10.6 Å². The van der Waals surface area contributed by atoms with Gasteiger partial charge >= 0.3 is 0 Å². The standard InChI is InChI=1S/C19H21FN2O4S/c1-27(25,26)13-14-4-2-5-17(12-14)22-18(23)6-3-11-21-19(24)15-7-9-16(20)10-8-15/h2,4-5,7-10,12H,3,6,11,13H2,1H3,(H,21,24)(H,22,23). The minimum atomic E-state index is -3.15. The predicted molar refractivity (Wildman–Crippen MR) is 102 cm³/mol. The highest BCUT2D eigenvalue weighted by Gasteiger charge is 2.08. The second-order valence-corrected chi connectivity index (χ2v) is 8.33. The fourth-order valence-electron chi connectivity index (χ4n) is 2.42. The molecule has 2 rings (SSSR count). The Morgan fingerprint density at radius 1 is 1.07 bits per heavy atom. The number of benzene rings is 2. The number of rotatable bonds is 8. The Labute approximate surface area is 157 Å². The van der Waals surface area contributed by atoms with E-state index in [1.165, 1.54) is 24.3 Å². The Morgan fingerprint density at radius 2 is 1.78 bits per heavy atom. The van der Waals surface area contributed by atoms with E-state index in [4.69, 9.17) is 0 Å². The molecule has 0 aromatic heterocycles. The van der Waals surface area contributed by atoms with Crippen molar-refractivity contribution in [3.63, 3.8) is 0 Å². The average molecular weight is 392 g/mol. The number of halogens is 1. The van der Waals surface area contributed by atoms with Gasteiger partial charge in [-0.1, -0.05) is 12.1 Å².